The third-order valence-corrected chi connectivity index (χ3v) is 5.50. The number of benzene rings is 4. The summed E-state index contributed by atoms with van der Waals surface area (Å²) in [5.74, 6) is -0.159. The number of aryl methyl sites for hydroxylation is 1. The summed E-state index contributed by atoms with van der Waals surface area (Å²) < 4.78 is 6.17. The molecule has 0 fully saturated rings. The number of carbonyl (C=O) groups is 1. The minimum atomic E-state index is -0.944. The van der Waals surface area contributed by atoms with Crippen LogP contribution in [-0.2, 0) is 13.2 Å². The van der Waals surface area contributed by atoms with Crippen molar-refractivity contribution in [3.63, 3.8) is 0 Å². The summed E-state index contributed by atoms with van der Waals surface area (Å²) in [6, 6.07) is 24.9. The van der Waals surface area contributed by atoms with Crippen LogP contribution in [-0.4, -0.2) is 11.1 Å². The van der Waals surface area contributed by atoms with Gasteiger partial charge in [0.05, 0.1) is 5.56 Å². The van der Waals surface area contributed by atoms with E-state index < -0.39 is 5.97 Å². The highest BCUT2D eigenvalue weighted by Gasteiger charge is 2.11. The highest BCUT2D eigenvalue weighted by atomic mass is 35.5. The van der Waals surface area contributed by atoms with E-state index in [0.29, 0.717) is 18.2 Å². The summed E-state index contributed by atoms with van der Waals surface area (Å²) >= 11 is 5.98. The zero-order valence-electron chi connectivity index (χ0n) is 17.1. The molecular formula is C26H22ClNO3. The van der Waals surface area contributed by atoms with Crippen LogP contribution in [0.15, 0.2) is 78.9 Å². The summed E-state index contributed by atoms with van der Waals surface area (Å²) in [5, 5.41) is 15.6. The van der Waals surface area contributed by atoms with E-state index in [0.717, 1.165) is 38.9 Å². The van der Waals surface area contributed by atoms with Crippen molar-refractivity contribution in [1.29, 1.82) is 0 Å². The Labute approximate surface area is 186 Å². The second-order valence-corrected chi connectivity index (χ2v) is 7.80. The number of hydrogen-bond acceptors (Lipinski definition) is 3. The Morgan fingerprint density at radius 1 is 1.00 bits per heavy atom. The lowest BCUT2D eigenvalue weighted by molar-refractivity contribution is 0.0697. The van der Waals surface area contributed by atoms with E-state index in [2.05, 4.69) is 17.4 Å². The minimum Gasteiger partial charge on any atom is -0.489 e. The van der Waals surface area contributed by atoms with E-state index in [1.165, 1.54) is 0 Å². The molecule has 0 spiro atoms. The molecule has 0 aromatic heterocycles. The molecule has 0 aliphatic rings. The number of hydrogen-bond donors (Lipinski definition) is 2. The van der Waals surface area contributed by atoms with Gasteiger partial charge in [0.25, 0.3) is 0 Å². The molecule has 0 radical (unpaired) electrons. The van der Waals surface area contributed by atoms with Crippen LogP contribution in [0.4, 0.5) is 5.69 Å². The second-order valence-electron chi connectivity index (χ2n) is 7.37. The van der Waals surface area contributed by atoms with Crippen LogP contribution in [0.5, 0.6) is 5.75 Å². The van der Waals surface area contributed by atoms with Crippen LogP contribution in [0, 0.1) is 6.92 Å². The molecule has 0 aliphatic carbocycles. The lowest BCUT2D eigenvalue weighted by Crippen LogP contribution is -2.07. The topological polar surface area (TPSA) is 58.6 Å². The summed E-state index contributed by atoms with van der Waals surface area (Å²) in [6.45, 7) is 2.88. The van der Waals surface area contributed by atoms with Gasteiger partial charge < -0.3 is 15.2 Å². The Balaban J connectivity index is 1.63. The van der Waals surface area contributed by atoms with Gasteiger partial charge in [-0.25, -0.2) is 4.79 Å². The molecule has 156 valence electrons. The zero-order chi connectivity index (χ0) is 21.8. The fourth-order valence-corrected chi connectivity index (χ4v) is 3.63. The maximum absolute atomic E-state index is 11.4. The molecule has 4 aromatic rings. The van der Waals surface area contributed by atoms with Crippen molar-refractivity contribution in [1.82, 2.24) is 0 Å². The molecule has 0 saturated heterocycles. The third-order valence-electron chi connectivity index (χ3n) is 5.25. The molecule has 31 heavy (non-hydrogen) atoms. The van der Waals surface area contributed by atoms with Crippen molar-refractivity contribution in [3.05, 3.63) is 106 Å². The quantitative estimate of drug-likeness (QED) is 0.342. The standard InChI is InChI=1S/C26H22ClNO3/c1-17-6-9-20(26(29)30)14-24(17)28-15-23-22-5-3-2-4-19(22)10-13-25(23)31-16-18-7-11-21(27)12-8-18/h2-14,28H,15-16H2,1H3,(H,29,30). The zero-order valence-corrected chi connectivity index (χ0v) is 17.8. The van der Waals surface area contributed by atoms with Gasteiger partial charge in [-0.1, -0.05) is 60.1 Å². The first-order valence-corrected chi connectivity index (χ1v) is 10.3. The number of aromatic carboxylic acids is 1. The molecular weight excluding hydrogens is 410 g/mol. The first kappa shape index (κ1) is 20.8. The SMILES string of the molecule is Cc1ccc(C(=O)O)cc1NCc1c(OCc2ccc(Cl)cc2)ccc2ccccc12. The third kappa shape index (κ3) is 4.81. The number of fused-ring (bicyclic) bond motifs is 1. The lowest BCUT2D eigenvalue weighted by atomic mass is 10.0. The maximum Gasteiger partial charge on any atom is 0.335 e. The van der Waals surface area contributed by atoms with E-state index in [-0.39, 0.29) is 5.56 Å². The summed E-state index contributed by atoms with van der Waals surface area (Å²) in [6.07, 6.45) is 0. The smallest absolute Gasteiger partial charge is 0.335 e. The molecule has 4 aromatic carbocycles. The van der Waals surface area contributed by atoms with Crippen LogP contribution in [0.1, 0.15) is 27.0 Å². The monoisotopic (exact) mass is 431 g/mol. The molecule has 0 amide bonds. The number of ether oxygens (including phenoxy) is 1. The summed E-state index contributed by atoms with van der Waals surface area (Å²) in [7, 11) is 0. The van der Waals surface area contributed by atoms with Crippen molar-refractivity contribution in [3.8, 4) is 5.75 Å². The minimum absolute atomic E-state index is 0.255. The average molecular weight is 432 g/mol. The van der Waals surface area contributed by atoms with Crippen LogP contribution < -0.4 is 10.1 Å². The van der Waals surface area contributed by atoms with Crippen molar-refractivity contribution < 1.29 is 14.6 Å². The van der Waals surface area contributed by atoms with Gasteiger partial charge in [-0.15, -0.1) is 0 Å². The van der Waals surface area contributed by atoms with Crippen LogP contribution >= 0.6 is 11.6 Å². The van der Waals surface area contributed by atoms with Crippen molar-refractivity contribution in [2.45, 2.75) is 20.1 Å². The normalized spacial score (nSPS) is 10.8. The maximum atomic E-state index is 11.4. The van der Waals surface area contributed by atoms with Gasteiger partial charge in [0, 0.05) is 22.8 Å². The predicted molar refractivity (Wildman–Crippen MR) is 125 cm³/mol. The lowest BCUT2D eigenvalue weighted by Gasteiger charge is -2.17. The number of carboxylic acid groups (broad SMARTS) is 1. The van der Waals surface area contributed by atoms with Crippen molar-refractivity contribution in [2.75, 3.05) is 5.32 Å². The average Bonchev–Trinajstić information content (AvgIpc) is 2.78. The molecule has 4 rings (SSSR count). The summed E-state index contributed by atoms with van der Waals surface area (Å²) in [5.41, 5.74) is 4.07. The molecule has 0 unspecified atom stereocenters. The molecule has 5 heteroatoms. The first-order chi connectivity index (χ1) is 15.0. The molecule has 0 bridgehead atoms. The Hall–Kier alpha value is -3.50. The van der Waals surface area contributed by atoms with Gasteiger partial charge in [0.2, 0.25) is 0 Å². The largest absolute Gasteiger partial charge is 0.489 e. The van der Waals surface area contributed by atoms with Crippen LogP contribution in [0.3, 0.4) is 0 Å². The number of rotatable bonds is 7. The fraction of sp³-hybridized carbons (Fsp3) is 0.115. The molecule has 0 heterocycles. The number of nitrogens with one attached hydrogen (secondary N) is 1. The molecule has 0 aliphatic heterocycles. The molecule has 2 N–H and O–H groups in total. The van der Waals surface area contributed by atoms with Crippen LogP contribution in [0.25, 0.3) is 10.8 Å². The van der Waals surface area contributed by atoms with Gasteiger partial charge in [0.1, 0.15) is 12.4 Å². The van der Waals surface area contributed by atoms with E-state index in [1.54, 1.807) is 12.1 Å². The molecule has 0 atom stereocenters. The summed E-state index contributed by atoms with van der Waals surface area (Å²) in [4.78, 5) is 11.4. The van der Waals surface area contributed by atoms with Gasteiger partial charge in [0.15, 0.2) is 0 Å². The first-order valence-electron chi connectivity index (χ1n) is 9.97. The van der Waals surface area contributed by atoms with Crippen LogP contribution in [0.2, 0.25) is 5.02 Å². The van der Waals surface area contributed by atoms with E-state index in [9.17, 15) is 9.90 Å². The Bertz CT molecular complexity index is 1240. The van der Waals surface area contributed by atoms with Gasteiger partial charge in [-0.2, -0.15) is 0 Å². The number of anilines is 1. The number of carboxylic acids is 1. The van der Waals surface area contributed by atoms with E-state index in [4.69, 9.17) is 16.3 Å². The van der Waals surface area contributed by atoms with E-state index >= 15 is 0 Å². The molecule has 0 saturated carbocycles. The number of halogens is 1. The second kappa shape index (κ2) is 9.11. The molecule has 4 nitrogen and oxygen atoms in total. The van der Waals surface area contributed by atoms with Gasteiger partial charge in [-0.05, 0) is 59.2 Å². The van der Waals surface area contributed by atoms with Gasteiger partial charge >= 0.3 is 5.97 Å². The Kier molecular flexibility index (Phi) is 6.10. The van der Waals surface area contributed by atoms with E-state index in [1.807, 2.05) is 61.5 Å². The fourth-order valence-electron chi connectivity index (χ4n) is 3.50. The Morgan fingerprint density at radius 3 is 2.55 bits per heavy atom. The van der Waals surface area contributed by atoms with Crippen molar-refractivity contribution in [2.24, 2.45) is 0 Å². The highest BCUT2D eigenvalue weighted by molar-refractivity contribution is 6.30. The predicted octanol–water partition coefficient (Wildman–Crippen LogP) is 6.69. The Morgan fingerprint density at radius 2 is 1.77 bits per heavy atom. The van der Waals surface area contributed by atoms with Gasteiger partial charge in [-0.3, -0.25) is 0 Å². The highest BCUT2D eigenvalue weighted by Crippen LogP contribution is 2.30. The van der Waals surface area contributed by atoms with Crippen molar-refractivity contribution >= 4 is 34.0 Å².